The average molecular weight is 764 g/mol. The maximum atomic E-state index is 6.87. The van der Waals surface area contributed by atoms with Crippen LogP contribution < -0.4 is 4.90 Å². The Morgan fingerprint density at radius 1 is 0.300 bits per heavy atom. The summed E-state index contributed by atoms with van der Waals surface area (Å²) >= 11 is 0. The van der Waals surface area contributed by atoms with Crippen molar-refractivity contribution in [3.63, 3.8) is 0 Å². The van der Waals surface area contributed by atoms with Crippen molar-refractivity contribution in [3.05, 3.63) is 224 Å². The van der Waals surface area contributed by atoms with Gasteiger partial charge in [-0.2, -0.15) is 0 Å². The minimum atomic E-state index is 0.866. The molecule has 0 bridgehead atoms. The van der Waals surface area contributed by atoms with Crippen LogP contribution in [0.4, 0.5) is 17.1 Å². The van der Waals surface area contributed by atoms with Crippen LogP contribution >= 0.6 is 0 Å². The number of anilines is 3. The lowest BCUT2D eigenvalue weighted by atomic mass is 9.96. The number of nitrogens with zero attached hydrogens (tertiary/aromatic N) is 1. The quantitative estimate of drug-likeness (QED) is 0.168. The van der Waals surface area contributed by atoms with Crippen molar-refractivity contribution in [3.8, 4) is 33.4 Å². The highest BCUT2D eigenvalue weighted by atomic mass is 16.3. The summed E-state index contributed by atoms with van der Waals surface area (Å²) in [6.45, 7) is 0. The number of hydrogen-bond donors (Lipinski definition) is 0. The van der Waals surface area contributed by atoms with E-state index in [9.17, 15) is 0 Å². The van der Waals surface area contributed by atoms with E-state index in [2.05, 4.69) is 229 Å². The normalized spacial score (nSPS) is 11.7. The number of fused-ring (bicyclic) bond motifs is 8. The van der Waals surface area contributed by atoms with Crippen LogP contribution in [-0.4, -0.2) is 0 Å². The smallest absolute Gasteiger partial charge is 0.160 e. The van der Waals surface area contributed by atoms with E-state index in [1.807, 2.05) is 0 Å². The standard InChI is InChI=1S/C58H37NO/c1-3-13-41-33-44(23-21-38(41)11-1)47-27-26-45-34-43(24-25-46(45)35-47)40-29-31-50(32-30-40)59(54-19-9-7-16-51(54)49-28-22-39-12-2-4-14-42(39)36-49)55-37-48-15-5-6-17-52(48)57-53-18-8-10-20-56(53)60-58(55)57/h1-37H. The van der Waals surface area contributed by atoms with Gasteiger partial charge in [0.1, 0.15) is 5.58 Å². The zero-order valence-corrected chi connectivity index (χ0v) is 32.7. The van der Waals surface area contributed by atoms with Gasteiger partial charge >= 0.3 is 0 Å². The molecule has 2 heteroatoms. The van der Waals surface area contributed by atoms with Gasteiger partial charge in [0.15, 0.2) is 5.58 Å². The van der Waals surface area contributed by atoms with Crippen LogP contribution in [0.5, 0.6) is 0 Å². The maximum absolute atomic E-state index is 6.87. The van der Waals surface area contributed by atoms with Crippen molar-refractivity contribution >= 4 is 82.1 Å². The molecule has 0 amide bonds. The first-order valence-electron chi connectivity index (χ1n) is 20.6. The van der Waals surface area contributed by atoms with E-state index in [0.29, 0.717) is 0 Å². The molecule has 0 aliphatic heterocycles. The Labute approximate surface area is 347 Å². The molecule has 0 aliphatic carbocycles. The molecular formula is C58H37NO. The molecule has 0 radical (unpaired) electrons. The van der Waals surface area contributed by atoms with Gasteiger partial charge in [-0.25, -0.2) is 0 Å². The molecule has 0 atom stereocenters. The van der Waals surface area contributed by atoms with Crippen LogP contribution in [0.3, 0.4) is 0 Å². The second-order valence-electron chi connectivity index (χ2n) is 15.7. The summed E-state index contributed by atoms with van der Waals surface area (Å²) in [5.74, 6) is 0. The van der Waals surface area contributed by atoms with Gasteiger partial charge in [0, 0.05) is 22.0 Å². The predicted molar refractivity (Wildman–Crippen MR) is 255 cm³/mol. The molecule has 1 heterocycles. The molecule has 12 rings (SSSR count). The topological polar surface area (TPSA) is 16.4 Å². The van der Waals surface area contributed by atoms with Gasteiger partial charge in [-0.05, 0) is 126 Å². The highest BCUT2D eigenvalue weighted by molar-refractivity contribution is 6.23. The number of para-hydroxylation sites is 2. The zero-order valence-electron chi connectivity index (χ0n) is 32.7. The molecule has 0 saturated carbocycles. The van der Waals surface area contributed by atoms with Gasteiger partial charge in [-0.15, -0.1) is 0 Å². The van der Waals surface area contributed by atoms with E-state index in [4.69, 9.17) is 4.42 Å². The zero-order chi connectivity index (χ0) is 39.6. The van der Waals surface area contributed by atoms with Crippen LogP contribution in [0.1, 0.15) is 0 Å². The van der Waals surface area contributed by atoms with Crippen molar-refractivity contribution in [2.75, 3.05) is 4.90 Å². The molecule has 0 aliphatic rings. The Kier molecular flexibility index (Phi) is 7.89. The van der Waals surface area contributed by atoms with Gasteiger partial charge in [-0.1, -0.05) is 170 Å². The molecule has 1 aromatic heterocycles. The second-order valence-corrected chi connectivity index (χ2v) is 15.7. The van der Waals surface area contributed by atoms with Crippen LogP contribution in [-0.2, 0) is 0 Å². The first-order valence-corrected chi connectivity index (χ1v) is 20.6. The summed E-state index contributed by atoms with van der Waals surface area (Å²) in [5, 5.41) is 12.0. The Morgan fingerprint density at radius 2 is 0.767 bits per heavy atom. The SMILES string of the molecule is c1ccc(N(c2ccc(-c3ccc4cc(-c5ccc6ccccc6c5)ccc4c3)cc2)c2cc3ccccc3c3c2oc2ccccc23)c(-c2ccc3ccccc3c2)c1. The molecule has 280 valence electrons. The van der Waals surface area contributed by atoms with E-state index >= 15 is 0 Å². The fourth-order valence-electron chi connectivity index (χ4n) is 9.18. The van der Waals surface area contributed by atoms with E-state index in [1.165, 1.54) is 54.4 Å². The van der Waals surface area contributed by atoms with Crippen LogP contribution in [0.2, 0.25) is 0 Å². The molecule has 12 aromatic rings. The van der Waals surface area contributed by atoms with E-state index in [-0.39, 0.29) is 0 Å². The van der Waals surface area contributed by atoms with Gasteiger partial charge < -0.3 is 9.32 Å². The number of benzene rings is 11. The molecule has 60 heavy (non-hydrogen) atoms. The summed E-state index contributed by atoms with van der Waals surface area (Å²) in [6.07, 6.45) is 0. The molecule has 0 fully saturated rings. The number of hydrogen-bond acceptors (Lipinski definition) is 2. The minimum absolute atomic E-state index is 0.866. The van der Waals surface area contributed by atoms with Gasteiger partial charge in [0.05, 0.1) is 11.4 Å². The van der Waals surface area contributed by atoms with Crippen LogP contribution in [0.15, 0.2) is 229 Å². The highest BCUT2D eigenvalue weighted by Crippen LogP contribution is 2.48. The largest absolute Gasteiger partial charge is 0.454 e. The lowest BCUT2D eigenvalue weighted by Crippen LogP contribution is -2.11. The molecule has 0 saturated heterocycles. The van der Waals surface area contributed by atoms with E-state index < -0.39 is 0 Å². The van der Waals surface area contributed by atoms with Crippen LogP contribution in [0, 0.1) is 0 Å². The summed E-state index contributed by atoms with van der Waals surface area (Å²) in [4.78, 5) is 2.39. The van der Waals surface area contributed by atoms with Crippen molar-refractivity contribution in [2.45, 2.75) is 0 Å². The van der Waals surface area contributed by atoms with Crippen molar-refractivity contribution in [1.29, 1.82) is 0 Å². The molecule has 0 unspecified atom stereocenters. The molecule has 0 spiro atoms. The molecular weight excluding hydrogens is 727 g/mol. The lowest BCUT2D eigenvalue weighted by Gasteiger charge is -2.28. The van der Waals surface area contributed by atoms with Crippen molar-refractivity contribution < 1.29 is 4.42 Å². The van der Waals surface area contributed by atoms with Gasteiger partial charge in [0.25, 0.3) is 0 Å². The van der Waals surface area contributed by atoms with Gasteiger partial charge in [0.2, 0.25) is 0 Å². The number of furan rings is 1. The van der Waals surface area contributed by atoms with Crippen molar-refractivity contribution in [1.82, 2.24) is 0 Å². The Balaban J connectivity index is 1.000. The summed E-state index contributed by atoms with van der Waals surface area (Å²) in [5.41, 5.74) is 12.0. The molecule has 0 N–H and O–H groups in total. The first kappa shape index (κ1) is 34.1. The first-order chi connectivity index (χ1) is 29.7. The van der Waals surface area contributed by atoms with Gasteiger partial charge in [-0.3, -0.25) is 0 Å². The summed E-state index contributed by atoms with van der Waals surface area (Å²) < 4.78 is 6.87. The third kappa shape index (κ3) is 5.73. The predicted octanol–water partition coefficient (Wildman–Crippen LogP) is 16.7. The van der Waals surface area contributed by atoms with E-state index in [1.54, 1.807) is 0 Å². The van der Waals surface area contributed by atoms with Crippen molar-refractivity contribution in [2.24, 2.45) is 0 Å². The monoisotopic (exact) mass is 763 g/mol. The molecule has 2 nitrogen and oxygen atoms in total. The lowest BCUT2D eigenvalue weighted by molar-refractivity contribution is 0.669. The van der Waals surface area contributed by atoms with Crippen LogP contribution in [0.25, 0.3) is 98.4 Å². The molecule has 11 aromatic carbocycles. The summed E-state index contributed by atoms with van der Waals surface area (Å²) in [6, 6.07) is 81.3. The third-order valence-electron chi connectivity index (χ3n) is 12.2. The van der Waals surface area contributed by atoms with E-state index in [0.717, 1.165) is 61.1 Å². The third-order valence-corrected chi connectivity index (χ3v) is 12.2. The Bertz CT molecular complexity index is 3610. The fourth-order valence-corrected chi connectivity index (χ4v) is 9.18. The highest BCUT2D eigenvalue weighted by Gasteiger charge is 2.24. The average Bonchev–Trinajstić information content (AvgIpc) is 3.72. The summed E-state index contributed by atoms with van der Waals surface area (Å²) in [7, 11) is 0. The maximum Gasteiger partial charge on any atom is 0.160 e. The number of rotatable bonds is 6. The fraction of sp³-hybridized carbons (Fsp3) is 0. The second kappa shape index (κ2) is 13.9. The minimum Gasteiger partial charge on any atom is -0.454 e. The Hall–Kier alpha value is -7.94. The Morgan fingerprint density at radius 3 is 1.45 bits per heavy atom.